The highest BCUT2D eigenvalue weighted by atomic mass is 28.3. The second-order valence-electron chi connectivity index (χ2n) is 6.48. The zero-order valence-corrected chi connectivity index (χ0v) is 13.4. The minimum atomic E-state index is -1.53. The average Bonchev–Trinajstić information content (AvgIpc) is 2.52. The van der Waals surface area contributed by atoms with Gasteiger partial charge in [-0.05, 0) is 11.3 Å². The van der Waals surface area contributed by atoms with Gasteiger partial charge in [0.1, 0.15) is 0 Å². The zero-order valence-electron chi connectivity index (χ0n) is 12.3. The van der Waals surface area contributed by atoms with Crippen LogP contribution in [-0.4, -0.2) is 23.5 Å². The molecule has 1 atom stereocenters. The predicted octanol–water partition coefficient (Wildman–Crippen LogP) is 3.89. The Kier molecular flexibility index (Phi) is 6.17. The molecular weight excluding hydrogens is 228 g/mol. The first kappa shape index (κ1) is 15.2. The SMILES string of the molecule is CO[SiH](OC)C(C1CCCCCC1)C(C)(C)C. The molecule has 1 aliphatic rings. The van der Waals surface area contributed by atoms with Crippen molar-refractivity contribution < 1.29 is 8.85 Å². The summed E-state index contributed by atoms with van der Waals surface area (Å²) >= 11 is 0. The first-order chi connectivity index (χ1) is 8.00. The molecule has 3 heteroatoms. The quantitative estimate of drug-likeness (QED) is 0.563. The van der Waals surface area contributed by atoms with Crippen molar-refractivity contribution in [2.24, 2.45) is 11.3 Å². The molecule has 17 heavy (non-hydrogen) atoms. The standard InChI is InChI=1S/C14H30O2Si/c1-14(2,3)13(17(15-4)16-5)12-10-8-6-7-9-11-12/h12-13,17H,6-11H2,1-5H3. The normalized spacial score (nSPS) is 21.5. The molecule has 1 fully saturated rings. The van der Waals surface area contributed by atoms with Crippen molar-refractivity contribution in [3.8, 4) is 0 Å². The Labute approximate surface area is 109 Å². The van der Waals surface area contributed by atoms with E-state index in [1.54, 1.807) is 0 Å². The minimum Gasteiger partial charge on any atom is -0.400 e. The van der Waals surface area contributed by atoms with Crippen LogP contribution in [0, 0.1) is 11.3 Å². The number of rotatable bonds is 4. The maximum Gasteiger partial charge on any atom is 0.324 e. The van der Waals surface area contributed by atoms with Gasteiger partial charge in [0.2, 0.25) is 0 Å². The van der Waals surface area contributed by atoms with Crippen LogP contribution < -0.4 is 0 Å². The van der Waals surface area contributed by atoms with Gasteiger partial charge in [0.15, 0.2) is 0 Å². The van der Waals surface area contributed by atoms with E-state index >= 15 is 0 Å². The summed E-state index contributed by atoms with van der Waals surface area (Å²) in [6, 6.07) is 0. The molecule has 2 nitrogen and oxygen atoms in total. The Morgan fingerprint density at radius 2 is 1.41 bits per heavy atom. The molecule has 0 aliphatic heterocycles. The lowest BCUT2D eigenvalue weighted by Gasteiger charge is -2.39. The molecule has 0 radical (unpaired) electrons. The molecule has 1 saturated carbocycles. The van der Waals surface area contributed by atoms with Gasteiger partial charge in [-0.2, -0.15) is 0 Å². The zero-order chi connectivity index (χ0) is 12.9. The van der Waals surface area contributed by atoms with Gasteiger partial charge in [-0.3, -0.25) is 0 Å². The van der Waals surface area contributed by atoms with Gasteiger partial charge < -0.3 is 8.85 Å². The van der Waals surface area contributed by atoms with E-state index < -0.39 is 9.28 Å². The van der Waals surface area contributed by atoms with E-state index in [0.29, 0.717) is 11.0 Å². The summed E-state index contributed by atoms with van der Waals surface area (Å²) < 4.78 is 11.4. The van der Waals surface area contributed by atoms with Crippen LogP contribution in [0.2, 0.25) is 5.54 Å². The lowest BCUT2D eigenvalue weighted by molar-refractivity contribution is 0.184. The molecule has 0 heterocycles. The summed E-state index contributed by atoms with van der Waals surface area (Å²) in [5.74, 6) is 0.814. The maximum atomic E-state index is 5.70. The van der Waals surface area contributed by atoms with Gasteiger partial charge in [-0.1, -0.05) is 59.3 Å². The number of hydrogen-bond acceptors (Lipinski definition) is 2. The van der Waals surface area contributed by atoms with Crippen molar-refractivity contribution in [1.82, 2.24) is 0 Å². The van der Waals surface area contributed by atoms with E-state index in [4.69, 9.17) is 8.85 Å². The fraction of sp³-hybridized carbons (Fsp3) is 1.00. The van der Waals surface area contributed by atoms with Gasteiger partial charge in [0, 0.05) is 19.8 Å². The van der Waals surface area contributed by atoms with Gasteiger partial charge in [-0.15, -0.1) is 0 Å². The molecule has 0 amide bonds. The first-order valence-electron chi connectivity index (χ1n) is 7.06. The van der Waals surface area contributed by atoms with Crippen LogP contribution in [0.15, 0.2) is 0 Å². The predicted molar refractivity (Wildman–Crippen MR) is 75.6 cm³/mol. The average molecular weight is 258 g/mol. The Hall–Kier alpha value is 0.137. The van der Waals surface area contributed by atoms with Crippen molar-refractivity contribution >= 4 is 9.28 Å². The van der Waals surface area contributed by atoms with Gasteiger partial charge in [0.05, 0.1) is 0 Å². The molecule has 1 rings (SSSR count). The van der Waals surface area contributed by atoms with Crippen molar-refractivity contribution in [2.45, 2.75) is 64.8 Å². The summed E-state index contributed by atoms with van der Waals surface area (Å²) in [6.07, 6.45) is 8.37. The number of hydrogen-bond donors (Lipinski definition) is 0. The van der Waals surface area contributed by atoms with Crippen molar-refractivity contribution in [3.05, 3.63) is 0 Å². The second kappa shape index (κ2) is 6.91. The van der Waals surface area contributed by atoms with Gasteiger partial charge in [-0.25, -0.2) is 0 Å². The summed E-state index contributed by atoms with van der Waals surface area (Å²) in [5, 5.41) is 0. The first-order valence-corrected chi connectivity index (χ1v) is 8.67. The maximum absolute atomic E-state index is 5.70. The molecule has 0 bridgehead atoms. The molecule has 0 saturated heterocycles. The van der Waals surface area contributed by atoms with E-state index in [2.05, 4.69) is 20.8 Å². The summed E-state index contributed by atoms with van der Waals surface area (Å²) in [4.78, 5) is 0. The second-order valence-corrected chi connectivity index (χ2v) is 8.88. The highest BCUT2D eigenvalue weighted by Crippen LogP contribution is 2.45. The Balaban J connectivity index is 2.80. The van der Waals surface area contributed by atoms with Crippen molar-refractivity contribution in [3.63, 3.8) is 0 Å². The summed E-state index contributed by atoms with van der Waals surface area (Å²) in [7, 11) is 2.13. The Morgan fingerprint density at radius 1 is 0.941 bits per heavy atom. The molecule has 1 aliphatic carbocycles. The molecule has 1 unspecified atom stereocenters. The third kappa shape index (κ3) is 4.38. The van der Waals surface area contributed by atoms with Crippen LogP contribution in [-0.2, 0) is 8.85 Å². The molecular formula is C14H30O2Si. The van der Waals surface area contributed by atoms with Crippen molar-refractivity contribution in [1.29, 1.82) is 0 Å². The largest absolute Gasteiger partial charge is 0.400 e. The third-order valence-corrected chi connectivity index (χ3v) is 7.23. The Morgan fingerprint density at radius 3 is 1.76 bits per heavy atom. The third-order valence-electron chi connectivity index (χ3n) is 4.17. The topological polar surface area (TPSA) is 18.5 Å². The van der Waals surface area contributed by atoms with Gasteiger partial charge in [0.25, 0.3) is 0 Å². The van der Waals surface area contributed by atoms with Crippen LogP contribution in [0.25, 0.3) is 0 Å². The molecule has 102 valence electrons. The van der Waals surface area contributed by atoms with Crippen molar-refractivity contribution in [2.75, 3.05) is 14.2 Å². The van der Waals surface area contributed by atoms with E-state index in [1.165, 1.54) is 38.5 Å². The molecule has 0 aromatic heterocycles. The molecule has 0 aromatic rings. The van der Waals surface area contributed by atoms with Crippen LogP contribution in [0.1, 0.15) is 59.3 Å². The highest BCUT2D eigenvalue weighted by molar-refractivity contribution is 6.46. The van der Waals surface area contributed by atoms with E-state index in [1.807, 2.05) is 14.2 Å². The van der Waals surface area contributed by atoms with E-state index in [0.717, 1.165) is 5.92 Å². The molecule has 0 N–H and O–H groups in total. The van der Waals surface area contributed by atoms with E-state index in [9.17, 15) is 0 Å². The van der Waals surface area contributed by atoms with Crippen LogP contribution in [0.5, 0.6) is 0 Å². The highest BCUT2D eigenvalue weighted by Gasteiger charge is 2.40. The van der Waals surface area contributed by atoms with Crippen LogP contribution in [0.4, 0.5) is 0 Å². The summed E-state index contributed by atoms with van der Waals surface area (Å²) in [6.45, 7) is 7.04. The summed E-state index contributed by atoms with van der Waals surface area (Å²) in [5.41, 5.74) is 0.938. The Bertz CT molecular complexity index is 201. The minimum absolute atomic E-state index is 0.303. The van der Waals surface area contributed by atoms with E-state index in [-0.39, 0.29) is 0 Å². The fourth-order valence-corrected chi connectivity index (χ4v) is 5.82. The molecule has 0 spiro atoms. The molecule has 0 aromatic carbocycles. The smallest absolute Gasteiger partial charge is 0.324 e. The van der Waals surface area contributed by atoms with Gasteiger partial charge >= 0.3 is 9.28 Å². The lowest BCUT2D eigenvalue weighted by Crippen LogP contribution is -2.39. The monoisotopic (exact) mass is 258 g/mol. The fourth-order valence-electron chi connectivity index (χ4n) is 3.40. The van der Waals surface area contributed by atoms with Crippen LogP contribution >= 0.6 is 0 Å². The lowest BCUT2D eigenvalue weighted by atomic mass is 9.80. The van der Waals surface area contributed by atoms with Crippen LogP contribution in [0.3, 0.4) is 0 Å².